The lowest BCUT2D eigenvalue weighted by molar-refractivity contribution is -0.112. The summed E-state index contributed by atoms with van der Waals surface area (Å²) in [7, 11) is 0. The minimum absolute atomic E-state index is 0.131. The van der Waals surface area contributed by atoms with E-state index >= 15 is 0 Å². The van der Waals surface area contributed by atoms with Crippen LogP contribution in [0, 0.1) is 0 Å². The van der Waals surface area contributed by atoms with Gasteiger partial charge in [-0.2, -0.15) is 0 Å². The van der Waals surface area contributed by atoms with E-state index in [9.17, 15) is 4.79 Å². The van der Waals surface area contributed by atoms with Crippen LogP contribution >= 0.6 is 15.9 Å². The van der Waals surface area contributed by atoms with Gasteiger partial charge in [-0.25, -0.2) is 0 Å². The van der Waals surface area contributed by atoms with Gasteiger partial charge in [-0.1, -0.05) is 76.2 Å². The van der Waals surface area contributed by atoms with Gasteiger partial charge in [0.2, 0.25) is 0 Å². The maximum absolute atomic E-state index is 12.6. The van der Waals surface area contributed by atoms with Crippen LogP contribution in [-0.4, -0.2) is 5.91 Å². The largest absolute Gasteiger partial charge is 0.321 e. The summed E-state index contributed by atoms with van der Waals surface area (Å²) in [5, 5.41) is 3.11. The van der Waals surface area contributed by atoms with Gasteiger partial charge in [0.25, 0.3) is 5.91 Å². The number of anilines is 1. The van der Waals surface area contributed by atoms with Gasteiger partial charge in [-0.3, -0.25) is 4.79 Å². The Labute approximate surface area is 153 Å². The molecule has 1 amide bonds. The minimum Gasteiger partial charge on any atom is -0.321 e. The molecule has 1 N–H and O–H groups in total. The fourth-order valence-corrected chi connectivity index (χ4v) is 2.99. The van der Waals surface area contributed by atoms with Crippen LogP contribution in [-0.2, 0) is 4.79 Å². The molecule has 0 aliphatic carbocycles. The van der Waals surface area contributed by atoms with E-state index < -0.39 is 0 Å². The van der Waals surface area contributed by atoms with E-state index in [1.807, 2.05) is 36.4 Å². The molecule has 0 aliphatic rings. The summed E-state index contributed by atoms with van der Waals surface area (Å²) in [6.45, 7) is 8.57. The third-order valence-corrected chi connectivity index (χ3v) is 4.51. The zero-order valence-electron chi connectivity index (χ0n) is 14.6. The van der Waals surface area contributed by atoms with Gasteiger partial charge < -0.3 is 5.32 Å². The fraction of sp³-hybridized carbons (Fsp3) is 0.286. The predicted octanol–water partition coefficient (Wildman–Crippen LogP) is 6.31. The molecule has 0 spiro atoms. The topological polar surface area (TPSA) is 29.1 Å². The first-order valence-electron chi connectivity index (χ1n) is 8.26. The molecule has 2 rings (SSSR count). The van der Waals surface area contributed by atoms with Crippen molar-refractivity contribution in [1.29, 1.82) is 0 Å². The second-order valence-corrected chi connectivity index (χ2v) is 7.33. The standard InChI is InChI=1S/C21H24BrNO/c1-14(2)17-11-8-12-18(15(3)4)20(17)23-21(24)19(22)13-16-9-6-5-7-10-16/h5-15H,1-4H3,(H,23,24). The number of nitrogens with one attached hydrogen (secondary N) is 1. The summed E-state index contributed by atoms with van der Waals surface area (Å²) in [5.74, 6) is 0.556. The van der Waals surface area contributed by atoms with Crippen LogP contribution in [0.2, 0.25) is 0 Å². The summed E-state index contributed by atoms with van der Waals surface area (Å²) in [5.41, 5.74) is 4.25. The zero-order chi connectivity index (χ0) is 17.7. The van der Waals surface area contributed by atoms with E-state index in [1.165, 1.54) is 0 Å². The molecule has 24 heavy (non-hydrogen) atoms. The number of hydrogen-bond acceptors (Lipinski definition) is 1. The normalized spacial score (nSPS) is 11.9. The van der Waals surface area contributed by atoms with Gasteiger partial charge in [0.1, 0.15) is 0 Å². The second kappa shape index (κ2) is 8.29. The highest BCUT2D eigenvalue weighted by atomic mass is 79.9. The van der Waals surface area contributed by atoms with Crippen LogP contribution in [0.15, 0.2) is 53.0 Å². The number of benzene rings is 2. The zero-order valence-corrected chi connectivity index (χ0v) is 16.2. The van der Waals surface area contributed by atoms with Crippen molar-refractivity contribution in [3.05, 3.63) is 69.7 Å². The molecule has 0 saturated heterocycles. The van der Waals surface area contributed by atoms with Gasteiger partial charge in [0.15, 0.2) is 0 Å². The van der Waals surface area contributed by atoms with Crippen LogP contribution in [0.3, 0.4) is 0 Å². The molecule has 0 aromatic heterocycles. The molecule has 0 aliphatic heterocycles. The Morgan fingerprint density at radius 3 is 1.96 bits per heavy atom. The molecule has 2 aromatic rings. The molecule has 3 heteroatoms. The highest BCUT2D eigenvalue weighted by Gasteiger charge is 2.17. The van der Waals surface area contributed by atoms with Crippen LogP contribution in [0.5, 0.6) is 0 Å². The average Bonchev–Trinajstić information content (AvgIpc) is 2.55. The van der Waals surface area contributed by atoms with Gasteiger partial charge in [-0.15, -0.1) is 0 Å². The van der Waals surface area contributed by atoms with Crippen molar-refractivity contribution in [2.45, 2.75) is 39.5 Å². The first-order chi connectivity index (χ1) is 11.4. The van der Waals surface area contributed by atoms with Gasteiger partial charge in [0.05, 0.1) is 4.48 Å². The van der Waals surface area contributed by atoms with Gasteiger partial charge in [-0.05, 0) is 50.5 Å². The van der Waals surface area contributed by atoms with Crippen molar-refractivity contribution in [2.75, 3.05) is 5.32 Å². The Hall–Kier alpha value is -1.87. The van der Waals surface area contributed by atoms with Crippen LogP contribution in [0.1, 0.15) is 56.2 Å². The highest BCUT2D eigenvalue weighted by Crippen LogP contribution is 2.33. The maximum atomic E-state index is 12.6. The Balaban J connectivity index is 2.33. The van der Waals surface area contributed by atoms with E-state index in [0.29, 0.717) is 16.3 Å². The molecule has 2 nitrogen and oxygen atoms in total. The Bertz CT molecular complexity index is 707. The van der Waals surface area contributed by atoms with Crippen molar-refractivity contribution in [3.63, 3.8) is 0 Å². The third kappa shape index (κ3) is 4.57. The van der Waals surface area contributed by atoms with Crippen molar-refractivity contribution >= 4 is 33.6 Å². The van der Waals surface area contributed by atoms with E-state index in [2.05, 4.69) is 67.1 Å². The third-order valence-electron chi connectivity index (χ3n) is 3.92. The van der Waals surface area contributed by atoms with E-state index in [0.717, 1.165) is 22.4 Å². The molecule has 0 bridgehead atoms. The quantitative estimate of drug-likeness (QED) is 0.600. The summed E-state index contributed by atoms with van der Waals surface area (Å²) in [6.07, 6.45) is 1.84. The number of hydrogen-bond donors (Lipinski definition) is 1. The van der Waals surface area contributed by atoms with Crippen LogP contribution < -0.4 is 5.32 Å². The van der Waals surface area contributed by atoms with Crippen molar-refractivity contribution in [3.8, 4) is 0 Å². The van der Waals surface area contributed by atoms with Gasteiger partial charge in [0, 0.05) is 5.69 Å². The molecule has 0 atom stereocenters. The second-order valence-electron chi connectivity index (χ2n) is 6.48. The number of para-hydroxylation sites is 1. The van der Waals surface area contributed by atoms with E-state index in [4.69, 9.17) is 0 Å². The number of halogens is 1. The lowest BCUT2D eigenvalue weighted by Gasteiger charge is -2.20. The number of rotatable bonds is 5. The van der Waals surface area contributed by atoms with Crippen LogP contribution in [0.4, 0.5) is 5.69 Å². The molecular formula is C21H24BrNO. The summed E-state index contributed by atoms with van der Waals surface area (Å²) < 4.78 is 0.516. The molecule has 0 fully saturated rings. The number of carbonyl (C=O) groups excluding carboxylic acids is 1. The van der Waals surface area contributed by atoms with E-state index in [1.54, 1.807) is 0 Å². The van der Waals surface area contributed by atoms with Crippen molar-refractivity contribution < 1.29 is 4.79 Å². The van der Waals surface area contributed by atoms with Crippen LogP contribution in [0.25, 0.3) is 6.08 Å². The van der Waals surface area contributed by atoms with Gasteiger partial charge >= 0.3 is 0 Å². The highest BCUT2D eigenvalue weighted by molar-refractivity contribution is 9.12. The Kier molecular flexibility index (Phi) is 6.38. The smallest absolute Gasteiger partial charge is 0.262 e. The fourth-order valence-electron chi connectivity index (χ4n) is 2.63. The molecule has 0 saturated carbocycles. The average molecular weight is 386 g/mol. The summed E-state index contributed by atoms with van der Waals surface area (Å²) in [6, 6.07) is 16.0. The SMILES string of the molecule is CC(C)c1cccc(C(C)C)c1NC(=O)C(Br)=Cc1ccccc1. The van der Waals surface area contributed by atoms with Crippen molar-refractivity contribution in [2.24, 2.45) is 0 Å². The summed E-state index contributed by atoms with van der Waals surface area (Å²) in [4.78, 5) is 12.6. The molecule has 0 radical (unpaired) electrons. The van der Waals surface area contributed by atoms with Crippen molar-refractivity contribution in [1.82, 2.24) is 0 Å². The lowest BCUT2D eigenvalue weighted by Crippen LogP contribution is -2.15. The molecule has 0 unspecified atom stereocenters. The lowest BCUT2D eigenvalue weighted by atomic mass is 9.92. The molecule has 126 valence electrons. The monoisotopic (exact) mass is 385 g/mol. The number of carbonyl (C=O) groups is 1. The maximum Gasteiger partial charge on any atom is 0.262 e. The number of amides is 1. The molecular weight excluding hydrogens is 362 g/mol. The predicted molar refractivity (Wildman–Crippen MR) is 107 cm³/mol. The van der Waals surface area contributed by atoms with E-state index in [-0.39, 0.29) is 5.91 Å². The Morgan fingerprint density at radius 1 is 0.917 bits per heavy atom. The summed E-state index contributed by atoms with van der Waals surface area (Å²) >= 11 is 3.41. The molecule has 2 aromatic carbocycles. The first kappa shape index (κ1) is 18.5. The Morgan fingerprint density at radius 2 is 1.46 bits per heavy atom. The first-order valence-corrected chi connectivity index (χ1v) is 9.05. The minimum atomic E-state index is -0.131. The molecule has 0 heterocycles.